The van der Waals surface area contributed by atoms with E-state index in [0.717, 1.165) is 24.2 Å². The van der Waals surface area contributed by atoms with Crippen molar-refractivity contribution in [3.8, 4) is 5.75 Å². The molecule has 8 heteroatoms. The molecule has 0 aliphatic carbocycles. The molecule has 2 aromatic rings. The van der Waals surface area contributed by atoms with Crippen LogP contribution in [-0.4, -0.2) is 43.8 Å². The van der Waals surface area contributed by atoms with Crippen LogP contribution in [0.2, 0.25) is 0 Å². The van der Waals surface area contributed by atoms with Gasteiger partial charge in [0.05, 0.1) is 13.2 Å². The largest absolute Gasteiger partial charge is 0.497 e. The van der Waals surface area contributed by atoms with Crippen molar-refractivity contribution in [2.45, 2.75) is 37.6 Å². The number of carbonyl (C=O) groups is 1. The number of sulfonamides is 1. The van der Waals surface area contributed by atoms with Crippen LogP contribution in [0, 0.1) is 5.92 Å². The number of rotatable bonds is 7. The maximum atomic E-state index is 12.7. The highest BCUT2D eigenvalue weighted by Gasteiger charge is 2.29. The lowest BCUT2D eigenvalue weighted by Crippen LogP contribution is -2.32. The number of hydrogen-bond donors (Lipinski definition) is 2. The Morgan fingerprint density at radius 3 is 2.39 bits per heavy atom. The number of H-pyrrole nitrogens is 1. The van der Waals surface area contributed by atoms with E-state index < -0.39 is 10.0 Å². The van der Waals surface area contributed by atoms with Gasteiger partial charge < -0.3 is 15.0 Å². The van der Waals surface area contributed by atoms with Crippen LogP contribution in [0.3, 0.4) is 0 Å². The quantitative estimate of drug-likeness (QED) is 0.741. The lowest BCUT2D eigenvalue weighted by molar-refractivity contribution is 0.0921. The van der Waals surface area contributed by atoms with Crippen LogP contribution in [0.25, 0.3) is 0 Å². The zero-order valence-corrected chi connectivity index (χ0v) is 17.3. The van der Waals surface area contributed by atoms with E-state index in [4.69, 9.17) is 4.74 Å². The summed E-state index contributed by atoms with van der Waals surface area (Å²) in [6, 6.07) is 8.75. The smallest absolute Gasteiger partial charge is 0.268 e. The highest BCUT2D eigenvalue weighted by Crippen LogP contribution is 2.25. The number of nitrogens with one attached hydrogen (secondary N) is 2. The molecule has 0 saturated carbocycles. The molecule has 1 fully saturated rings. The fourth-order valence-electron chi connectivity index (χ4n) is 3.40. The normalized spacial score (nSPS) is 16.3. The van der Waals surface area contributed by atoms with Crippen molar-refractivity contribution in [2.75, 3.05) is 20.2 Å². The highest BCUT2D eigenvalue weighted by molar-refractivity contribution is 7.89. The molecule has 7 nitrogen and oxygen atoms in total. The number of ether oxygens (including phenoxy) is 1. The van der Waals surface area contributed by atoms with Crippen LogP contribution in [0.4, 0.5) is 0 Å². The van der Waals surface area contributed by atoms with Crippen molar-refractivity contribution in [3.05, 3.63) is 47.8 Å². The van der Waals surface area contributed by atoms with Crippen molar-refractivity contribution < 1.29 is 17.9 Å². The van der Waals surface area contributed by atoms with Crippen LogP contribution < -0.4 is 10.1 Å². The molecule has 2 heterocycles. The first-order valence-electron chi connectivity index (χ1n) is 9.46. The summed E-state index contributed by atoms with van der Waals surface area (Å²) in [5.74, 6) is 0.566. The summed E-state index contributed by atoms with van der Waals surface area (Å²) in [6.07, 6.45) is 3.13. The zero-order valence-electron chi connectivity index (χ0n) is 16.4. The summed E-state index contributed by atoms with van der Waals surface area (Å²) in [7, 11) is -1.94. The number of nitrogens with zero attached hydrogens (tertiary/aromatic N) is 1. The van der Waals surface area contributed by atoms with E-state index in [1.807, 2.05) is 38.1 Å². The SMILES string of the molecule is COc1ccc([C@H](NC(=O)c2cc(S(=O)(=O)N3CCCC3)c[nH]2)C(C)C)cc1. The summed E-state index contributed by atoms with van der Waals surface area (Å²) in [4.78, 5) is 15.7. The number of methoxy groups -OCH3 is 1. The van der Waals surface area contributed by atoms with E-state index in [2.05, 4.69) is 10.3 Å². The van der Waals surface area contributed by atoms with Gasteiger partial charge in [-0.2, -0.15) is 4.31 Å². The van der Waals surface area contributed by atoms with Crippen LogP contribution >= 0.6 is 0 Å². The predicted molar refractivity (Wildman–Crippen MR) is 107 cm³/mol. The Hall–Kier alpha value is -2.32. The average Bonchev–Trinajstić information content (AvgIpc) is 3.38. The van der Waals surface area contributed by atoms with Crippen LogP contribution in [-0.2, 0) is 10.0 Å². The third-order valence-electron chi connectivity index (χ3n) is 5.03. The summed E-state index contributed by atoms with van der Waals surface area (Å²) >= 11 is 0. The zero-order chi connectivity index (χ0) is 20.3. The van der Waals surface area contributed by atoms with Gasteiger partial charge in [-0.3, -0.25) is 4.79 Å². The lowest BCUT2D eigenvalue weighted by atomic mass is 9.96. The molecule has 0 bridgehead atoms. The van der Waals surface area contributed by atoms with Crippen LogP contribution in [0.5, 0.6) is 5.75 Å². The van der Waals surface area contributed by atoms with E-state index in [0.29, 0.717) is 13.1 Å². The molecule has 1 aliphatic heterocycles. The van der Waals surface area contributed by atoms with Gasteiger partial charge in [0, 0.05) is 19.3 Å². The fourth-order valence-corrected chi connectivity index (χ4v) is 4.91. The second kappa shape index (κ2) is 8.36. The second-order valence-electron chi connectivity index (χ2n) is 7.33. The number of carbonyl (C=O) groups excluding carboxylic acids is 1. The molecule has 1 saturated heterocycles. The molecule has 0 unspecified atom stereocenters. The molecule has 2 N–H and O–H groups in total. The van der Waals surface area contributed by atoms with E-state index in [1.54, 1.807) is 7.11 Å². The molecule has 152 valence electrons. The maximum Gasteiger partial charge on any atom is 0.268 e. The van der Waals surface area contributed by atoms with Crippen LogP contribution in [0.15, 0.2) is 41.4 Å². The minimum atomic E-state index is -3.55. The number of amides is 1. The molecule has 1 aliphatic rings. The molecule has 1 atom stereocenters. The Bertz CT molecular complexity index is 913. The highest BCUT2D eigenvalue weighted by atomic mass is 32.2. The van der Waals surface area contributed by atoms with Gasteiger partial charge in [0.1, 0.15) is 16.3 Å². The minimum absolute atomic E-state index is 0.130. The first-order chi connectivity index (χ1) is 13.3. The van der Waals surface area contributed by atoms with E-state index in [9.17, 15) is 13.2 Å². The van der Waals surface area contributed by atoms with Gasteiger partial charge in [0.2, 0.25) is 10.0 Å². The maximum absolute atomic E-state index is 12.7. The van der Waals surface area contributed by atoms with Gasteiger partial charge in [0.25, 0.3) is 5.91 Å². The van der Waals surface area contributed by atoms with Gasteiger partial charge in [-0.1, -0.05) is 26.0 Å². The fraction of sp³-hybridized carbons (Fsp3) is 0.450. The van der Waals surface area contributed by atoms with Gasteiger partial charge in [0.15, 0.2) is 0 Å². The Balaban J connectivity index is 1.76. The number of hydrogen-bond acceptors (Lipinski definition) is 4. The summed E-state index contributed by atoms with van der Waals surface area (Å²) in [6.45, 7) is 5.10. The number of benzene rings is 1. The molecule has 1 amide bonds. The third-order valence-corrected chi connectivity index (χ3v) is 6.91. The van der Waals surface area contributed by atoms with Gasteiger partial charge in [-0.15, -0.1) is 0 Å². The average molecular weight is 406 g/mol. The monoisotopic (exact) mass is 405 g/mol. The minimum Gasteiger partial charge on any atom is -0.497 e. The van der Waals surface area contributed by atoms with Crippen molar-refractivity contribution in [1.29, 1.82) is 0 Å². The molecule has 3 rings (SSSR count). The van der Waals surface area contributed by atoms with E-state index in [1.165, 1.54) is 16.6 Å². The van der Waals surface area contributed by atoms with Crippen molar-refractivity contribution in [3.63, 3.8) is 0 Å². The first-order valence-corrected chi connectivity index (χ1v) is 10.9. The molecular weight excluding hydrogens is 378 g/mol. The molecule has 0 spiro atoms. The van der Waals surface area contributed by atoms with E-state index in [-0.39, 0.29) is 28.5 Å². The predicted octanol–water partition coefficient (Wildman–Crippen LogP) is 2.93. The Labute approximate surface area is 166 Å². The van der Waals surface area contributed by atoms with Crippen molar-refractivity contribution in [2.24, 2.45) is 5.92 Å². The molecule has 0 radical (unpaired) electrons. The number of aromatic amines is 1. The summed E-state index contributed by atoms with van der Waals surface area (Å²) < 4.78 is 31.9. The van der Waals surface area contributed by atoms with Gasteiger partial charge >= 0.3 is 0 Å². The summed E-state index contributed by atoms with van der Waals surface area (Å²) in [5.41, 5.74) is 1.19. The Morgan fingerprint density at radius 1 is 1.18 bits per heavy atom. The third kappa shape index (κ3) is 4.23. The van der Waals surface area contributed by atoms with Gasteiger partial charge in [-0.25, -0.2) is 8.42 Å². The van der Waals surface area contributed by atoms with E-state index >= 15 is 0 Å². The second-order valence-corrected chi connectivity index (χ2v) is 9.27. The molecule has 1 aromatic carbocycles. The van der Waals surface area contributed by atoms with Crippen molar-refractivity contribution >= 4 is 15.9 Å². The van der Waals surface area contributed by atoms with Gasteiger partial charge in [-0.05, 0) is 42.5 Å². The number of aromatic nitrogens is 1. The molecular formula is C20H27N3O4S. The van der Waals surface area contributed by atoms with Crippen molar-refractivity contribution in [1.82, 2.24) is 14.6 Å². The molecule has 1 aromatic heterocycles. The standard InChI is InChI=1S/C20H27N3O4S/c1-14(2)19(15-6-8-16(27-3)9-7-15)22-20(24)18-12-17(13-21-18)28(25,26)23-10-4-5-11-23/h6-9,12-14,19,21H,4-5,10-11H2,1-3H3,(H,22,24)/t19-/m1/s1. The molecule has 28 heavy (non-hydrogen) atoms. The topological polar surface area (TPSA) is 91.5 Å². The lowest BCUT2D eigenvalue weighted by Gasteiger charge is -2.23. The summed E-state index contributed by atoms with van der Waals surface area (Å²) in [5, 5.41) is 3.00. The Morgan fingerprint density at radius 2 is 1.82 bits per heavy atom. The van der Waals surface area contributed by atoms with Crippen LogP contribution in [0.1, 0.15) is 48.8 Å². The first kappa shape index (κ1) is 20.4. The Kier molecular flexibility index (Phi) is 6.10.